The minimum Gasteiger partial charge on any atom is -0.474 e. The van der Waals surface area contributed by atoms with E-state index < -0.39 is 6.10 Å². The second-order valence-electron chi connectivity index (χ2n) is 5.42. The minimum atomic E-state index is -0.761. The Bertz CT molecular complexity index is 703. The summed E-state index contributed by atoms with van der Waals surface area (Å²) in [4.78, 5) is 14.7. The number of morpholine rings is 1. The van der Waals surface area contributed by atoms with Crippen LogP contribution in [0.15, 0.2) is 48.5 Å². The third-order valence-electron chi connectivity index (χ3n) is 3.79. The van der Waals surface area contributed by atoms with Crippen molar-refractivity contribution in [3.8, 4) is 5.75 Å². The van der Waals surface area contributed by atoms with Crippen LogP contribution in [0, 0.1) is 0 Å². The summed E-state index contributed by atoms with van der Waals surface area (Å²) in [6, 6.07) is 14.3. The Hall–Kier alpha value is -1.75. The molecule has 4 nitrogen and oxygen atoms in total. The van der Waals surface area contributed by atoms with Crippen LogP contribution in [0.25, 0.3) is 0 Å². The molecule has 1 aliphatic heterocycles. The molecule has 3 rings (SSSR count). The third kappa shape index (κ3) is 4.01. The SMILES string of the molecule is O=C([C@@H](Oc1ccc(Cl)cc1Cl)c1ccccc1)N1CCOCC1. The van der Waals surface area contributed by atoms with E-state index in [-0.39, 0.29) is 5.91 Å². The van der Waals surface area contributed by atoms with Crippen LogP contribution in [0.1, 0.15) is 11.7 Å². The van der Waals surface area contributed by atoms with Crippen molar-refractivity contribution in [1.29, 1.82) is 0 Å². The van der Waals surface area contributed by atoms with E-state index in [9.17, 15) is 4.79 Å². The first-order valence-corrected chi connectivity index (χ1v) is 8.44. The highest BCUT2D eigenvalue weighted by molar-refractivity contribution is 6.35. The molecule has 0 bridgehead atoms. The summed E-state index contributed by atoms with van der Waals surface area (Å²) in [7, 11) is 0. The van der Waals surface area contributed by atoms with Crippen LogP contribution in [-0.2, 0) is 9.53 Å². The van der Waals surface area contributed by atoms with Gasteiger partial charge in [0, 0.05) is 23.7 Å². The molecule has 0 aromatic heterocycles. The van der Waals surface area contributed by atoms with E-state index in [1.807, 2.05) is 30.3 Å². The molecule has 0 saturated carbocycles. The van der Waals surface area contributed by atoms with Crippen LogP contribution in [0.2, 0.25) is 10.0 Å². The maximum absolute atomic E-state index is 13.0. The van der Waals surface area contributed by atoms with Crippen LogP contribution in [0.5, 0.6) is 5.75 Å². The van der Waals surface area contributed by atoms with Gasteiger partial charge >= 0.3 is 0 Å². The smallest absolute Gasteiger partial charge is 0.268 e. The van der Waals surface area contributed by atoms with Gasteiger partial charge in [-0.2, -0.15) is 0 Å². The average molecular weight is 366 g/mol. The molecule has 1 saturated heterocycles. The zero-order chi connectivity index (χ0) is 16.9. The molecular weight excluding hydrogens is 349 g/mol. The fourth-order valence-electron chi connectivity index (χ4n) is 2.54. The number of hydrogen-bond acceptors (Lipinski definition) is 3. The summed E-state index contributed by atoms with van der Waals surface area (Å²) in [5.74, 6) is 0.326. The maximum atomic E-state index is 13.0. The molecule has 1 heterocycles. The predicted octanol–water partition coefficient (Wildman–Crippen LogP) is 3.97. The lowest BCUT2D eigenvalue weighted by atomic mass is 10.1. The van der Waals surface area contributed by atoms with Crippen molar-refractivity contribution in [2.45, 2.75) is 6.10 Å². The van der Waals surface area contributed by atoms with Crippen molar-refractivity contribution >= 4 is 29.1 Å². The van der Waals surface area contributed by atoms with E-state index in [0.717, 1.165) is 5.56 Å². The minimum absolute atomic E-state index is 0.101. The van der Waals surface area contributed by atoms with E-state index in [1.54, 1.807) is 23.1 Å². The van der Waals surface area contributed by atoms with Crippen LogP contribution in [0.3, 0.4) is 0 Å². The molecule has 1 aliphatic rings. The van der Waals surface area contributed by atoms with Gasteiger partial charge in [-0.3, -0.25) is 4.79 Å². The average Bonchev–Trinajstić information content (AvgIpc) is 2.62. The topological polar surface area (TPSA) is 38.8 Å². The first kappa shape index (κ1) is 17.1. The summed E-state index contributed by atoms with van der Waals surface area (Å²) < 4.78 is 11.3. The quantitative estimate of drug-likeness (QED) is 0.822. The monoisotopic (exact) mass is 365 g/mol. The Balaban J connectivity index is 1.88. The van der Waals surface area contributed by atoms with E-state index in [2.05, 4.69) is 0 Å². The van der Waals surface area contributed by atoms with Gasteiger partial charge in [0.15, 0.2) is 0 Å². The number of nitrogens with zero attached hydrogens (tertiary/aromatic N) is 1. The summed E-state index contributed by atoms with van der Waals surface area (Å²) in [5.41, 5.74) is 0.778. The zero-order valence-electron chi connectivity index (χ0n) is 13.0. The van der Waals surface area contributed by atoms with E-state index >= 15 is 0 Å². The summed E-state index contributed by atoms with van der Waals surface area (Å²) in [5, 5.41) is 0.890. The molecule has 24 heavy (non-hydrogen) atoms. The maximum Gasteiger partial charge on any atom is 0.268 e. The Kier molecular flexibility index (Phi) is 5.61. The van der Waals surface area contributed by atoms with Crippen LogP contribution < -0.4 is 4.74 Å². The molecule has 0 radical (unpaired) electrons. The van der Waals surface area contributed by atoms with Crippen molar-refractivity contribution in [2.24, 2.45) is 0 Å². The number of ether oxygens (including phenoxy) is 2. The van der Waals surface area contributed by atoms with Crippen LogP contribution >= 0.6 is 23.2 Å². The largest absolute Gasteiger partial charge is 0.474 e. The van der Waals surface area contributed by atoms with E-state index in [1.165, 1.54) is 0 Å². The Morgan fingerprint density at radius 1 is 1.08 bits per heavy atom. The summed E-state index contributed by atoms with van der Waals surface area (Å²) >= 11 is 12.1. The molecule has 0 N–H and O–H groups in total. The lowest BCUT2D eigenvalue weighted by molar-refractivity contribution is -0.143. The highest BCUT2D eigenvalue weighted by Gasteiger charge is 2.29. The molecule has 1 atom stereocenters. The van der Waals surface area contributed by atoms with Gasteiger partial charge in [-0.15, -0.1) is 0 Å². The lowest BCUT2D eigenvalue weighted by Gasteiger charge is -2.30. The predicted molar refractivity (Wildman–Crippen MR) is 93.7 cm³/mol. The van der Waals surface area contributed by atoms with Crippen molar-refractivity contribution < 1.29 is 14.3 Å². The van der Waals surface area contributed by atoms with Gasteiger partial charge in [-0.25, -0.2) is 0 Å². The van der Waals surface area contributed by atoms with Crippen molar-refractivity contribution in [2.75, 3.05) is 26.3 Å². The van der Waals surface area contributed by atoms with Crippen LogP contribution in [0.4, 0.5) is 0 Å². The third-order valence-corrected chi connectivity index (χ3v) is 4.32. The van der Waals surface area contributed by atoms with Crippen LogP contribution in [-0.4, -0.2) is 37.1 Å². The molecular formula is C18H17Cl2NO3. The van der Waals surface area contributed by atoms with Gasteiger partial charge < -0.3 is 14.4 Å². The molecule has 2 aromatic carbocycles. The number of amides is 1. The van der Waals surface area contributed by atoms with Crippen molar-refractivity contribution in [3.05, 3.63) is 64.1 Å². The molecule has 0 spiro atoms. The fourth-order valence-corrected chi connectivity index (χ4v) is 2.99. The number of rotatable bonds is 4. The molecule has 6 heteroatoms. The molecule has 0 unspecified atom stereocenters. The van der Waals surface area contributed by atoms with Gasteiger partial charge in [0.25, 0.3) is 5.91 Å². The van der Waals surface area contributed by atoms with Gasteiger partial charge in [0.1, 0.15) is 5.75 Å². The number of hydrogen-bond donors (Lipinski definition) is 0. The van der Waals surface area contributed by atoms with Gasteiger partial charge in [0.2, 0.25) is 6.10 Å². The Morgan fingerprint density at radius 2 is 1.79 bits per heavy atom. The van der Waals surface area contributed by atoms with Gasteiger partial charge in [0.05, 0.1) is 18.2 Å². The van der Waals surface area contributed by atoms with Crippen molar-refractivity contribution in [1.82, 2.24) is 4.90 Å². The molecule has 2 aromatic rings. The number of benzene rings is 2. The van der Waals surface area contributed by atoms with Crippen molar-refractivity contribution in [3.63, 3.8) is 0 Å². The Labute approximate surface area is 150 Å². The highest BCUT2D eigenvalue weighted by atomic mass is 35.5. The highest BCUT2D eigenvalue weighted by Crippen LogP contribution is 2.32. The number of carbonyl (C=O) groups excluding carboxylic acids is 1. The second-order valence-corrected chi connectivity index (χ2v) is 6.26. The van der Waals surface area contributed by atoms with E-state index in [4.69, 9.17) is 32.7 Å². The Morgan fingerprint density at radius 3 is 2.46 bits per heavy atom. The summed E-state index contributed by atoms with van der Waals surface area (Å²) in [6.07, 6.45) is -0.761. The molecule has 1 fully saturated rings. The second kappa shape index (κ2) is 7.88. The van der Waals surface area contributed by atoms with Gasteiger partial charge in [-0.1, -0.05) is 53.5 Å². The fraction of sp³-hybridized carbons (Fsp3) is 0.278. The number of carbonyl (C=O) groups is 1. The first-order valence-electron chi connectivity index (χ1n) is 7.68. The molecule has 0 aliphatic carbocycles. The normalized spacial score (nSPS) is 15.8. The van der Waals surface area contributed by atoms with E-state index in [0.29, 0.717) is 42.1 Å². The molecule has 1 amide bonds. The molecule has 126 valence electrons. The summed E-state index contributed by atoms with van der Waals surface area (Å²) in [6.45, 7) is 2.18. The number of halogens is 2. The lowest BCUT2D eigenvalue weighted by Crippen LogP contribution is -2.44. The standard InChI is InChI=1S/C18H17Cl2NO3/c19-14-6-7-16(15(20)12-14)24-17(13-4-2-1-3-5-13)18(22)21-8-10-23-11-9-21/h1-7,12,17H,8-11H2/t17-/m0/s1. The first-order chi connectivity index (χ1) is 11.6. The zero-order valence-corrected chi connectivity index (χ0v) is 14.5. The van der Waals surface area contributed by atoms with Gasteiger partial charge in [-0.05, 0) is 18.2 Å².